The average molecular weight is 411 g/mol. The molecule has 0 radical (unpaired) electrons. The minimum absolute atomic E-state index is 0.102. The molecule has 4 aromatic rings. The topological polar surface area (TPSA) is 98.8 Å². The summed E-state index contributed by atoms with van der Waals surface area (Å²) in [5.41, 5.74) is 1.88. The molecule has 0 fully saturated rings. The molecular weight excluding hydrogens is 400 g/mol. The van der Waals surface area contributed by atoms with Crippen LogP contribution in [0.1, 0.15) is 0 Å². The molecule has 0 amide bonds. The predicted octanol–water partition coefficient (Wildman–Crippen LogP) is 4.23. The Morgan fingerprint density at radius 3 is 2.62 bits per heavy atom. The van der Waals surface area contributed by atoms with E-state index in [1.165, 1.54) is 12.7 Å². The zero-order chi connectivity index (χ0) is 18.1. The van der Waals surface area contributed by atoms with E-state index in [-0.39, 0.29) is 17.3 Å². The van der Waals surface area contributed by atoms with E-state index in [1.54, 1.807) is 10.6 Å². The van der Waals surface area contributed by atoms with Gasteiger partial charge in [0.25, 0.3) is 0 Å². The van der Waals surface area contributed by atoms with Crippen LogP contribution in [-0.4, -0.2) is 24.4 Å². The highest BCUT2D eigenvalue weighted by Crippen LogP contribution is 2.33. The lowest BCUT2D eigenvalue weighted by atomic mass is 10.3. The third-order valence-electron chi connectivity index (χ3n) is 3.79. The first-order valence-corrected chi connectivity index (χ1v) is 8.38. The lowest BCUT2D eigenvalue weighted by Gasteiger charge is -2.10. The summed E-state index contributed by atoms with van der Waals surface area (Å²) >= 11 is 3.41. The second-order valence-corrected chi connectivity index (χ2v) is 6.21. The maximum absolute atomic E-state index is 11.8. The maximum atomic E-state index is 11.8. The largest absolute Gasteiger partial charge is 0.354 e. The number of hydrogen-bond acceptors (Lipinski definition) is 6. The van der Waals surface area contributed by atoms with E-state index >= 15 is 0 Å². The molecule has 0 saturated carbocycles. The van der Waals surface area contributed by atoms with Crippen molar-refractivity contribution in [2.75, 3.05) is 5.32 Å². The van der Waals surface area contributed by atoms with Crippen molar-refractivity contribution in [1.82, 2.24) is 19.5 Å². The van der Waals surface area contributed by atoms with Crippen LogP contribution >= 0.6 is 15.9 Å². The lowest BCUT2D eigenvalue weighted by molar-refractivity contribution is -0.384. The summed E-state index contributed by atoms with van der Waals surface area (Å²) in [6.45, 7) is 0. The Kier molecular flexibility index (Phi) is 4.05. The van der Waals surface area contributed by atoms with Gasteiger partial charge in [0.2, 0.25) is 11.6 Å². The molecule has 0 aliphatic rings. The van der Waals surface area contributed by atoms with Crippen molar-refractivity contribution in [2.24, 2.45) is 0 Å². The Balaban J connectivity index is 1.89. The molecule has 4 rings (SSSR count). The molecule has 26 heavy (non-hydrogen) atoms. The van der Waals surface area contributed by atoms with Gasteiger partial charge < -0.3 is 5.32 Å². The van der Waals surface area contributed by atoms with Crippen LogP contribution in [0.15, 0.2) is 65.7 Å². The second-order valence-electron chi connectivity index (χ2n) is 5.36. The first-order chi connectivity index (χ1) is 12.6. The molecule has 0 spiro atoms. The van der Waals surface area contributed by atoms with Crippen molar-refractivity contribution in [3.05, 3.63) is 75.8 Å². The van der Waals surface area contributed by atoms with Gasteiger partial charge in [-0.3, -0.25) is 14.7 Å². The molecule has 0 atom stereocenters. The number of para-hydroxylation sites is 3. The fraction of sp³-hybridized carbons (Fsp3) is 0. The van der Waals surface area contributed by atoms with Crippen molar-refractivity contribution in [3.63, 3.8) is 0 Å². The minimum atomic E-state index is -0.497. The number of imidazole rings is 1. The van der Waals surface area contributed by atoms with Crippen molar-refractivity contribution in [2.45, 2.75) is 0 Å². The second kappa shape index (κ2) is 6.52. The molecular formula is C17H11BrN6O2. The highest BCUT2D eigenvalue weighted by molar-refractivity contribution is 9.10. The highest BCUT2D eigenvalue weighted by atomic mass is 79.9. The first kappa shape index (κ1) is 16.2. The molecule has 0 saturated heterocycles. The number of anilines is 2. The molecule has 0 aliphatic carbocycles. The van der Waals surface area contributed by atoms with Gasteiger partial charge >= 0.3 is 5.69 Å². The fourth-order valence-electron chi connectivity index (χ4n) is 2.62. The van der Waals surface area contributed by atoms with E-state index in [0.29, 0.717) is 5.69 Å². The third kappa shape index (κ3) is 2.78. The van der Waals surface area contributed by atoms with Gasteiger partial charge in [-0.15, -0.1) is 0 Å². The molecule has 0 bridgehead atoms. The summed E-state index contributed by atoms with van der Waals surface area (Å²) in [6.07, 6.45) is 2.80. The maximum Gasteiger partial charge on any atom is 0.354 e. The number of halogens is 1. The van der Waals surface area contributed by atoms with E-state index in [0.717, 1.165) is 15.5 Å². The van der Waals surface area contributed by atoms with Crippen LogP contribution in [0.25, 0.3) is 16.9 Å². The highest BCUT2D eigenvalue weighted by Gasteiger charge is 2.25. The Morgan fingerprint density at radius 2 is 1.81 bits per heavy atom. The number of fused-ring (bicyclic) bond motifs is 1. The van der Waals surface area contributed by atoms with Gasteiger partial charge in [0.1, 0.15) is 12.7 Å². The summed E-state index contributed by atoms with van der Waals surface area (Å²) in [5, 5.41) is 14.8. The monoisotopic (exact) mass is 410 g/mol. The molecule has 8 nitrogen and oxygen atoms in total. The SMILES string of the molecule is O=[N+]([O-])c1c(Nc2ccccc2Br)ncnc1-n1cnc2ccccc21. The van der Waals surface area contributed by atoms with Crippen LogP contribution in [0.4, 0.5) is 17.2 Å². The molecule has 9 heteroatoms. The van der Waals surface area contributed by atoms with E-state index in [4.69, 9.17) is 0 Å². The third-order valence-corrected chi connectivity index (χ3v) is 4.49. The van der Waals surface area contributed by atoms with Gasteiger partial charge in [0.05, 0.1) is 21.6 Å². The molecule has 128 valence electrons. The molecule has 2 heterocycles. The number of nitro groups is 1. The van der Waals surface area contributed by atoms with E-state index in [2.05, 4.69) is 36.2 Å². The minimum Gasteiger partial charge on any atom is -0.333 e. The summed E-state index contributed by atoms with van der Waals surface area (Å²) in [7, 11) is 0. The number of hydrogen-bond donors (Lipinski definition) is 1. The van der Waals surface area contributed by atoms with Crippen molar-refractivity contribution < 1.29 is 4.92 Å². The standard InChI is InChI=1S/C17H11BrN6O2/c18-11-5-1-2-6-12(11)22-16-15(24(25)26)17(20-9-19-16)23-10-21-13-7-3-4-8-14(13)23/h1-10H,(H,19,20,22). The number of aromatic nitrogens is 4. The smallest absolute Gasteiger partial charge is 0.333 e. The van der Waals surface area contributed by atoms with Crippen molar-refractivity contribution >= 4 is 44.2 Å². The molecule has 0 unspecified atom stereocenters. The molecule has 2 aromatic carbocycles. The van der Waals surface area contributed by atoms with Gasteiger partial charge in [0, 0.05) is 4.47 Å². The lowest BCUT2D eigenvalue weighted by Crippen LogP contribution is -2.07. The van der Waals surface area contributed by atoms with E-state index in [1.807, 2.05) is 42.5 Å². The summed E-state index contributed by atoms with van der Waals surface area (Å²) < 4.78 is 2.35. The Labute approximate surface area is 155 Å². The van der Waals surface area contributed by atoms with Gasteiger partial charge in [-0.2, -0.15) is 0 Å². The first-order valence-electron chi connectivity index (χ1n) is 7.58. The Hall–Kier alpha value is -3.33. The van der Waals surface area contributed by atoms with Gasteiger partial charge in [0.15, 0.2) is 0 Å². The van der Waals surface area contributed by atoms with E-state index < -0.39 is 4.92 Å². The summed E-state index contributed by atoms with van der Waals surface area (Å²) in [4.78, 5) is 23.8. The number of rotatable bonds is 4. The van der Waals surface area contributed by atoms with Crippen LogP contribution in [0.5, 0.6) is 0 Å². The summed E-state index contributed by atoms with van der Waals surface area (Å²) in [5.74, 6) is 0.248. The van der Waals surface area contributed by atoms with E-state index in [9.17, 15) is 10.1 Å². The Morgan fingerprint density at radius 1 is 1.04 bits per heavy atom. The Bertz CT molecular complexity index is 1130. The van der Waals surface area contributed by atoms with Gasteiger partial charge in [-0.05, 0) is 40.2 Å². The number of nitrogens with one attached hydrogen (secondary N) is 1. The van der Waals surface area contributed by atoms with Crippen LogP contribution in [0.2, 0.25) is 0 Å². The van der Waals surface area contributed by atoms with Crippen molar-refractivity contribution in [3.8, 4) is 5.82 Å². The molecule has 1 N–H and O–H groups in total. The zero-order valence-electron chi connectivity index (χ0n) is 13.2. The van der Waals surface area contributed by atoms with Crippen LogP contribution in [0, 0.1) is 10.1 Å². The van der Waals surface area contributed by atoms with Crippen LogP contribution in [0.3, 0.4) is 0 Å². The average Bonchev–Trinajstić information content (AvgIpc) is 3.07. The van der Waals surface area contributed by atoms with Crippen molar-refractivity contribution in [1.29, 1.82) is 0 Å². The zero-order valence-corrected chi connectivity index (χ0v) is 14.8. The molecule has 0 aliphatic heterocycles. The van der Waals surface area contributed by atoms with Gasteiger partial charge in [-0.1, -0.05) is 24.3 Å². The quantitative estimate of drug-likeness (QED) is 0.399. The number of nitrogens with zero attached hydrogens (tertiary/aromatic N) is 5. The van der Waals surface area contributed by atoms with Crippen LogP contribution in [-0.2, 0) is 0 Å². The van der Waals surface area contributed by atoms with Gasteiger partial charge in [-0.25, -0.2) is 15.0 Å². The van der Waals surface area contributed by atoms with Crippen LogP contribution < -0.4 is 5.32 Å². The fourth-order valence-corrected chi connectivity index (χ4v) is 3.01. The normalized spacial score (nSPS) is 10.8. The number of benzene rings is 2. The molecule has 2 aromatic heterocycles. The predicted molar refractivity (Wildman–Crippen MR) is 101 cm³/mol. The summed E-state index contributed by atoms with van der Waals surface area (Å²) in [6, 6.07) is 14.7.